The Bertz CT molecular complexity index is 353. The van der Waals surface area contributed by atoms with E-state index in [-0.39, 0.29) is 11.7 Å². The molecule has 0 aromatic rings. The maximum absolute atomic E-state index is 4.47. The summed E-state index contributed by atoms with van der Waals surface area (Å²) < 4.78 is 1.77. The summed E-state index contributed by atoms with van der Waals surface area (Å²) in [5.41, 5.74) is -0.0362. The van der Waals surface area contributed by atoms with E-state index >= 15 is 0 Å². The van der Waals surface area contributed by atoms with E-state index in [9.17, 15) is 0 Å². The summed E-state index contributed by atoms with van der Waals surface area (Å²) in [5, 5.41) is 6.66. The van der Waals surface area contributed by atoms with Crippen LogP contribution in [0.25, 0.3) is 0 Å². The molecule has 1 unspecified atom stereocenters. The third-order valence-corrected chi connectivity index (χ3v) is 3.01. The molecule has 0 aromatic heterocycles. The minimum absolute atomic E-state index is 0.0121. The van der Waals surface area contributed by atoms with Gasteiger partial charge in [0.1, 0.15) is 6.17 Å². The van der Waals surface area contributed by atoms with Crippen LogP contribution in [0.4, 0.5) is 0 Å². The van der Waals surface area contributed by atoms with Crippen molar-refractivity contribution in [1.29, 1.82) is 0 Å². The molecule has 1 atom stereocenters. The van der Waals surface area contributed by atoms with Crippen molar-refractivity contribution >= 4 is 24.7 Å². The molecular weight excluding hydrogens is 234 g/mol. The number of aliphatic imine (C=N–C) groups is 2. The lowest BCUT2D eigenvalue weighted by molar-refractivity contribution is 0.475. The number of nitrogens with one attached hydrogen (secondary N) is 2. The average Bonchev–Trinajstić information content (AvgIpc) is 2.94. The van der Waals surface area contributed by atoms with Crippen molar-refractivity contribution in [3.8, 4) is 0 Å². The van der Waals surface area contributed by atoms with Gasteiger partial charge in [0, 0.05) is 11.6 Å². The van der Waals surface area contributed by atoms with Gasteiger partial charge in [-0.2, -0.15) is 4.99 Å². The first-order valence-electron chi connectivity index (χ1n) is 6.04. The van der Waals surface area contributed by atoms with Gasteiger partial charge in [-0.05, 0) is 40.5 Å². The Hall–Kier alpha value is -0.910. The zero-order valence-corrected chi connectivity index (χ0v) is 11.8. The minimum Gasteiger partial charge on any atom is -0.352 e. The molecule has 2 rings (SSSR count). The molecule has 1 fully saturated rings. The Labute approximate surface area is 108 Å². The number of nitrogens with zero attached hydrogens (tertiary/aromatic N) is 3. The van der Waals surface area contributed by atoms with Gasteiger partial charge < -0.3 is 10.6 Å². The van der Waals surface area contributed by atoms with Crippen LogP contribution in [0.2, 0.25) is 0 Å². The fourth-order valence-electron chi connectivity index (χ4n) is 1.49. The van der Waals surface area contributed by atoms with Crippen molar-refractivity contribution < 1.29 is 0 Å². The number of rotatable bonds is 1. The fourth-order valence-corrected chi connectivity index (χ4v) is 1.65. The maximum atomic E-state index is 4.47. The highest BCUT2D eigenvalue weighted by Gasteiger charge is 2.28. The van der Waals surface area contributed by atoms with E-state index in [2.05, 4.69) is 54.2 Å². The SMILES string of the molecule is CC1N=C(NC(C)(C)C)N=C(NC2CC2)N1S. The van der Waals surface area contributed by atoms with Gasteiger partial charge in [-0.1, -0.05) is 12.8 Å². The molecule has 0 saturated heterocycles. The van der Waals surface area contributed by atoms with Crippen molar-refractivity contribution in [1.82, 2.24) is 14.9 Å². The second kappa shape index (κ2) is 4.40. The van der Waals surface area contributed by atoms with E-state index in [0.717, 1.165) is 5.96 Å². The van der Waals surface area contributed by atoms with Gasteiger partial charge >= 0.3 is 0 Å². The van der Waals surface area contributed by atoms with Crippen molar-refractivity contribution in [2.75, 3.05) is 0 Å². The molecule has 0 bridgehead atoms. The maximum Gasteiger partial charge on any atom is 0.223 e. The molecule has 0 radical (unpaired) electrons. The van der Waals surface area contributed by atoms with Crippen LogP contribution >= 0.6 is 12.8 Å². The van der Waals surface area contributed by atoms with Gasteiger partial charge in [-0.3, -0.25) is 4.31 Å². The average molecular weight is 255 g/mol. The molecule has 0 spiro atoms. The third kappa shape index (κ3) is 3.52. The van der Waals surface area contributed by atoms with Gasteiger partial charge in [-0.15, -0.1) is 0 Å². The lowest BCUT2D eigenvalue weighted by Crippen LogP contribution is -2.49. The summed E-state index contributed by atoms with van der Waals surface area (Å²) >= 11 is 4.41. The Morgan fingerprint density at radius 2 is 2.00 bits per heavy atom. The molecule has 5 nitrogen and oxygen atoms in total. The molecule has 2 N–H and O–H groups in total. The molecule has 2 aliphatic rings. The van der Waals surface area contributed by atoms with Gasteiger partial charge in [0.05, 0.1) is 0 Å². The fraction of sp³-hybridized carbons (Fsp3) is 0.818. The summed E-state index contributed by atoms with van der Waals surface area (Å²) in [6.07, 6.45) is 2.42. The lowest BCUT2D eigenvalue weighted by atomic mass is 10.1. The molecule has 0 amide bonds. The molecule has 1 heterocycles. The summed E-state index contributed by atoms with van der Waals surface area (Å²) in [6.45, 7) is 8.28. The first-order valence-corrected chi connectivity index (χ1v) is 6.44. The zero-order valence-electron chi connectivity index (χ0n) is 10.9. The quantitative estimate of drug-likeness (QED) is 0.620. The Kier molecular flexibility index (Phi) is 3.25. The van der Waals surface area contributed by atoms with Gasteiger partial charge in [0.2, 0.25) is 11.9 Å². The van der Waals surface area contributed by atoms with E-state index < -0.39 is 0 Å². The van der Waals surface area contributed by atoms with E-state index in [0.29, 0.717) is 12.0 Å². The molecule has 1 saturated carbocycles. The summed E-state index contributed by atoms with van der Waals surface area (Å²) in [4.78, 5) is 8.93. The second-order valence-corrected chi connectivity index (χ2v) is 6.09. The number of hydrogen-bond acceptors (Lipinski definition) is 6. The van der Waals surface area contributed by atoms with E-state index in [1.54, 1.807) is 4.31 Å². The number of hydrogen-bond donors (Lipinski definition) is 3. The monoisotopic (exact) mass is 255 g/mol. The van der Waals surface area contributed by atoms with Gasteiger partial charge in [0.25, 0.3) is 0 Å². The molecule has 6 heteroatoms. The highest BCUT2D eigenvalue weighted by Crippen LogP contribution is 2.21. The van der Waals surface area contributed by atoms with Crippen molar-refractivity contribution in [2.45, 2.75) is 58.3 Å². The van der Waals surface area contributed by atoms with Crippen LogP contribution in [0.5, 0.6) is 0 Å². The van der Waals surface area contributed by atoms with E-state index in [4.69, 9.17) is 0 Å². The third-order valence-electron chi connectivity index (χ3n) is 2.49. The van der Waals surface area contributed by atoms with Crippen LogP contribution in [0.15, 0.2) is 9.98 Å². The molecule has 17 heavy (non-hydrogen) atoms. The van der Waals surface area contributed by atoms with E-state index in [1.807, 2.05) is 6.92 Å². The van der Waals surface area contributed by atoms with Crippen molar-refractivity contribution in [3.63, 3.8) is 0 Å². The predicted molar refractivity (Wildman–Crippen MR) is 74.2 cm³/mol. The van der Waals surface area contributed by atoms with Crippen LogP contribution in [-0.4, -0.2) is 34.0 Å². The van der Waals surface area contributed by atoms with Crippen LogP contribution < -0.4 is 10.6 Å². The molecular formula is C11H21N5S. The first kappa shape index (κ1) is 12.5. The Morgan fingerprint density at radius 3 is 2.53 bits per heavy atom. The highest BCUT2D eigenvalue weighted by atomic mass is 32.1. The Morgan fingerprint density at radius 1 is 1.35 bits per heavy atom. The Balaban J connectivity index is 2.09. The summed E-state index contributed by atoms with van der Waals surface area (Å²) in [7, 11) is 0. The second-order valence-electron chi connectivity index (χ2n) is 5.66. The smallest absolute Gasteiger partial charge is 0.223 e. The standard InChI is InChI=1S/C11H21N5S/c1-7-12-9(15-11(2,3)4)14-10(16(7)17)13-8-5-6-8/h7-8,17H,5-6H2,1-4H3,(H2,12,13,14,15). The summed E-state index contributed by atoms with van der Waals surface area (Å²) in [6, 6.07) is 0.560. The van der Waals surface area contributed by atoms with Crippen LogP contribution in [0.3, 0.4) is 0 Å². The van der Waals surface area contributed by atoms with Gasteiger partial charge in [0.15, 0.2) is 0 Å². The predicted octanol–water partition coefficient (Wildman–Crippen LogP) is 1.34. The number of thiol groups is 1. The topological polar surface area (TPSA) is 52.0 Å². The molecule has 96 valence electrons. The molecule has 1 aliphatic heterocycles. The normalized spacial score (nSPS) is 25.2. The van der Waals surface area contributed by atoms with Gasteiger partial charge in [-0.25, -0.2) is 4.99 Å². The largest absolute Gasteiger partial charge is 0.352 e. The van der Waals surface area contributed by atoms with Crippen molar-refractivity contribution in [2.24, 2.45) is 9.98 Å². The number of guanidine groups is 2. The minimum atomic E-state index is -0.0362. The van der Waals surface area contributed by atoms with Crippen LogP contribution in [0, 0.1) is 0 Å². The molecule has 0 aromatic carbocycles. The summed E-state index contributed by atoms with van der Waals surface area (Å²) in [5.74, 6) is 1.48. The van der Waals surface area contributed by atoms with Crippen LogP contribution in [-0.2, 0) is 0 Å². The van der Waals surface area contributed by atoms with E-state index in [1.165, 1.54) is 12.8 Å². The van der Waals surface area contributed by atoms with Crippen LogP contribution in [0.1, 0.15) is 40.5 Å². The molecule has 1 aliphatic carbocycles. The first-order chi connectivity index (χ1) is 7.85. The zero-order chi connectivity index (χ0) is 12.6. The lowest BCUT2D eigenvalue weighted by Gasteiger charge is -2.30. The highest BCUT2D eigenvalue weighted by molar-refractivity contribution is 7.78. The van der Waals surface area contributed by atoms with Crippen molar-refractivity contribution in [3.05, 3.63) is 0 Å².